The van der Waals surface area contributed by atoms with Gasteiger partial charge >= 0.3 is 19.8 Å². The first-order valence-corrected chi connectivity index (χ1v) is 33.3. The van der Waals surface area contributed by atoms with Crippen molar-refractivity contribution >= 4 is 19.8 Å². The van der Waals surface area contributed by atoms with Crippen molar-refractivity contribution in [2.45, 2.75) is 341 Å². The summed E-state index contributed by atoms with van der Waals surface area (Å²) in [6, 6.07) is 0. The molecule has 0 rings (SSSR count). The first kappa shape index (κ1) is 71.0. The number of hydrogen-bond acceptors (Lipinski definition) is 7. The number of ether oxygens (including phenoxy) is 2. The van der Waals surface area contributed by atoms with Crippen molar-refractivity contribution in [3.05, 3.63) is 0 Å². The molecule has 9 nitrogen and oxygen atoms in total. The Morgan fingerprint density at radius 2 is 0.625 bits per heavy atom. The summed E-state index contributed by atoms with van der Waals surface area (Å²) in [5, 5.41) is 0. The van der Waals surface area contributed by atoms with Gasteiger partial charge in [-0.25, -0.2) is 4.57 Å². The summed E-state index contributed by atoms with van der Waals surface area (Å²) < 4.78 is 34.6. The van der Waals surface area contributed by atoms with Gasteiger partial charge in [0, 0.05) is 12.8 Å². The molecule has 2 unspecified atom stereocenters. The number of unbranched alkanes of at least 4 members (excludes halogenated alkanes) is 46. The first-order chi connectivity index (χ1) is 35.0. The SMILES string of the molecule is CCCCCCCCCCCCCCCCCCCCCCCCCCCCCCCCC(=O)OC(COC(=O)CCCCCCCCCCCCCCCCCCCC)COP(=O)(O)OCC[N+](C)(C)C. The van der Waals surface area contributed by atoms with Crippen molar-refractivity contribution in [1.82, 2.24) is 0 Å². The summed E-state index contributed by atoms with van der Waals surface area (Å²) in [4.78, 5) is 35.7. The number of nitrogens with zero attached hydrogens (tertiary/aromatic N) is 1. The minimum Gasteiger partial charge on any atom is -0.462 e. The van der Waals surface area contributed by atoms with Crippen molar-refractivity contribution < 1.29 is 42.1 Å². The van der Waals surface area contributed by atoms with Crippen molar-refractivity contribution in [3.63, 3.8) is 0 Å². The molecule has 10 heteroatoms. The lowest BCUT2D eigenvalue weighted by molar-refractivity contribution is -0.870. The highest BCUT2D eigenvalue weighted by Gasteiger charge is 2.27. The molecule has 0 aliphatic heterocycles. The average molecular weight is 1040 g/mol. The molecule has 0 radical (unpaired) electrons. The number of phosphoric ester groups is 1. The molecule has 430 valence electrons. The lowest BCUT2D eigenvalue weighted by atomic mass is 10.0. The largest absolute Gasteiger partial charge is 0.472 e. The van der Waals surface area contributed by atoms with E-state index in [1.165, 1.54) is 270 Å². The molecule has 0 heterocycles. The molecule has 0 spiro atoms. The zero-order valence-corrected chi connectivity index (χ0v) is 49.9. The van der Waals surface area contributed by atoms with Crippen molar-refractivity contribution in [2.24, 2.45) is 0 Å². The van der Waals surface area contributed by atoms with Gasteiger partial charge in [0.25, 0.3) is 0 Å². The monoisotopic (exact) mass is 1040 g/mol. The second kappa shape index (κ2) is 54.8. The fourth-order valence-electron chi connectivity index (χ4n) is 9.73. The second-order valence-corrected chi connectivity index (χ2v) is 24.6. The topological polar surface area (TPSA) is 108 Å². The van der Waals surface area contributed by atoms with E-state index in [2.05, 4.69) is 13.8 Å². The molecule has 1 N–H and O–H groups in total. The highest BCUT2D eigenvalue weighted by Crippen LogP contribution is 2.43. The minimum atomic E-state index is -4.38. The van der Waals surface area contributed by atoms with Crippen LogP contribution in [-0.4, -0.2) is 74.9 Å². The van der Waals surface area contributed by atoms with Crippen LogP contribution in [0.25, 0.3) is 0 Å². The molecular formula is C62H125NO8P+. The molecule has 0 fully saturated rings. The number of rotatable bonds is 60. The Balaban J connectivity index is 4.00. The van der Waals surface area contributed by atoms with Crippen molar-refractivity contribution in [2.75, 3.05) is 47.5 Å². The fraction of sp³-hybridized carbons (Fsp3) is 0.968. The number of esters is 2. The third-order valence-electron chi connectivity index (χ3n) is 14.6. The van der Waals surface area contributed by atoms with Crippen LogP contribution in [0.4, 0.5) is 0 Å². The van der Waals surface area contributed by atoms with E-state index < -0.39 is 26.5 Å². The first-order valence-electron chi connectivity index (χ1n) is 31.8. The maximum absolute atomic E-state index is 12.8. The summed E-state index contributed by atoms with van der Waals surface area (Å²) in [5.74, 6) is -0.771. The lowest BCUT2D eigenvalue weighted by Gasteiger charge is -2.24. The summed E-state index contributed by atoms with van der Waals surface area (Å²) in [6.45, 7) is 4.52. The molecular weight excluding hydrogens is 918 g/mol. The molecule has 0 aliphatic rings. The summed E-state index contributed by atoms with van der Waals surface area (Å²) in [5.41, 5.74) is 0. The van der Waals surface area contributed by atoms with Gasteiger partial charge in [-0.1, -0.05) is 309 Å². The van der Waals surface area contributed by atoms with Gasteiger partial charge in [-0.3, -0.25) is 18.6 Å². The van der Waals surface area contributed by atoms with Crippen LogP contribution < -0.4 is 0 Å². The predicted molar refractivity (Wildman–Crippen MR) is 308 cm³/mol. The van der Waals surface area contributed by atoms with E-state index in [4.69, 9.17) is 18.5 Å². The Hall–Kier alpha value is -0.990. The highest BCUT2D eigenvalue weighted by atomic mass is 31.2. The van der Waals surface area contributed by atoms with Gasteiger partial charge < -0.3 is 18.9 Å². The fourth-order valence-corrected chi connectivity index (χ4v) is 10.5. The lowest BCUT2D eigenvalue weighted by Crippen LogP contribution is -2.37. The third kappa shape index (κ3) is 58.3. The number of carbonyl (C=O) groups excluding carboxylic acids is 2. The Bertz CT molecular complexity index is 1180. The zero-order chi connectivity index (χ0) is 52.7. The Morgan fingerprint density at radius 3 is 0.889 bits per heavy atom. The molecule has 0 bridgehead atoms. The van der Waals surface area contributed by atoms with Crippen LogP contribution in [0.15, 0.2) is 0 Å². The maximum atomic E-state index is 12.8. The van der Waals surface area contributed by atoms with Crippen LogP contribution in [-0.2, 0) is 32.7 Å². The summed E-state index contributed by atoms with van der Waals surface area (Å²) in [7, 11) is 1.50. The van der Waals surface area contributed by atoms with Crippen molar-refractivity contribution in [1.29, 1.82) is 0 Å². The van der Waals surface area contributed by atoms with Crippen molar-refractivity contribution in [3.8, 4) is 0 Å². The average Bonchev–Trinajstić information content (AvgIpc) is 3.34. The van der Waals surface area contributed by atoms with Gasteiger partial charge in [-0.2, -0.15) is 0 Å². The van der Waals surface area contributed by atoms with Gasteiger partial charge in [0.1, 0.15) is 19.8 Å². The molecule has 0 aromatic carbocycles. The molecule has 0 aliphatic carbocycles. The van der Waals surface area contributed by atoms with Crippen LogP contribution in [0.5, 0.6) is 0 Å². The number of quaternary nitrogens is 1. The Kier molecular flexibility index (Phi) is 54.0. The third-order valence-corrected chi connectivity index (χ3v) is 15.6. The van der Waals surface area contributed by atoms with E-state index in [-0.39, 0.29) is 25.6 Å². The molecule has 0 saturated carbocycles. The maximum Gasteiger partial charge on any atom is 0.472 e. The van der Waals surface area contributed by atoms with E-state index in [1.807, 2.05) is 21.1 Å². The highest BCUT2D eigenvalue weighted by molar-refractivity contribution is 7.47. The van der Waals surface area contributed by atoms with Crippen LogP contribution in [0, 0.1) is 0 Å². The van der Waals surface area contributed by atoms with Gasteiger partial charge in [-0.05, 0) is 12.8 Å². The number of likely N-dealkylation sites (N-methyl/N-ethyl adjacent to an activating group) is 1. The number of phosphoric acid groups is 1. The minimum absolute atomic E-state index is 0.0375. The molecule has 0 saturated heterocycles. The Morgan fingerprint density at radius 1 is 0.375 bits per heavy atom. The van der Waals surface area contributed by atoms with Crippen LogP contribution in [0.3, 0.4) is 0 Å². The van der Waals surface area contributed by atoms with Crippen LogP contribution >= 0.6 is 7.82 Å². The molecule has 0 amide bonds. The molecule has 0 aromatic heterocycles. The van der Waals surface area contributed by atoms with Gasteiger partial charge in [-0.15, -0.1) is 0 Å². The smallest absolute Gasteiger partial charge is 0.462 e. The predicted octanol–water partition coefficient (Wildman–Crippen LogP) is 19.8. The van der Waals surface area contributed by atoms with E-state index in [0.717, 1.165) is 38.5 Å². The number of hydrogen-bond donors (Lipinski definition) is 1. The molecule has 72 heavy (non-hydrogen) atoms. The van der Waals surface area contributed by atoms with E-state index >= 15 is 0 Å². The van der Waals surface area contributed by atoms with Gasteiger partial charge in [0.2, 0.25) is 0 Å². The van der Waals surface area contributed by atoms with Crippen LogP contribution in [0.2, 0.25) is 0 Å². The number of carbonyl (C=O) groups is 2. The molecule has 2 atom stereocenters. The summed E-state index contributed by atoms with van der Waals surface area (Å²) in [6.07, 6.45) is 63.4. The Labute approximate surface area is 448 Å². The van der Waals surface area contributed by atoms with Gasteiger partial charge in [0.05, 0.1) is 27.7 Å². The standard InChI is InChI=1S/C62H124NO8P/c1-6-8-10-12-14-16-18-20-22-24-26-27-28-29-30-31-32-33-34-35-36-37-39-41-43-45-47-49-51-53-55-62(65)71-60(59-70-72(66,67)69-57-56-63(3,4)5)58-68-61(64)54-52-50-48-46-44-42-40-38-25-23-21-19-17-15-13-11-9-7-2/h60H,6-59H2,1-5H3/p+1. The normalized spacial score (nSPS) is 13.1. The van der Waals surface area contributed by atoms with Crippen LogP contribution in [0.1, 0.15) is 335 Å². The molecule has 0 aromatic rings. The second-order valence-electron chi connectivity index (χ2n) is 23.2. The van der Waals surface area contributed by atoms with Gasteiger partial charge in [0.15, 0.2) is 6.10 Å². The zero-order valence-electron chi connectivity index (χ0n) is 49.0. The van der Waals surface area contributed by atoms with E-state index in [0.29, 0.717) is 17.4 Å². The van der Waals surface area contributed by atoms with E-state index in [9.17, 15) is 19.0 Å². The van der Waals surface area contributed by atoms with E-state index in [1.54, 1.807) is 0 Å². The summed E-state index contributed by atoms with van der Waals surface area (Å²) >= 11 is 0. The quantitative estimate of drug-likeness (QED) is 0.0278.